The van der Waals surface area contributed by atoms with Crippen LogP contribution in [0.4, 0.5) is 0 Å². The van der Waals surface area contributed by atoms with Gasteiger partial charge in [0, 0.05) is 28.3 Å². The molecule has 1 atom stereocenters. The Kier molecular flexibility index (Phi) is 7.99. The summed E-state index contributed by atoms with van der Waals surface area (Å²) < 4.78 is 4.99. The van der Waals surface area contributed by atoms with E-state index in [4.69, 9.17) is 14.7 Å². The second kappa shape index (κ2) is 11.5. The highest BCUT2D eigenvalue weighted by molar-refractivity contribution is 6.25. The molecule has 5 heteroatoms. The summed E-state index contributed by atoms with van der Waals surface area (Å²) in [5.41, 5.74) is 15.1. The highest BCUT2D eigenvalue weighted by atomic mass is 16.5. The molecule has 1 N–H and O–H groups in total. The maximum Gasteiger partial charge on any atom is 0.305 e. The van der Waals surface area contributed by atoms with Crippen molar-refractivity contribution >= 4 is 35.6 Å². The van der Waals surface area contributed by atoms with Gasteiger partial charge in [0.05, 0.1) is 30.3 Å². The number of carbonyl (C=O) groups excluding carboxylic acids is 1. The molecule has 0 fully saturated rings. The standard InChI is InChI=1S/C36H41N3O2/c1-9-12-29-23(7)31-18-30-22(6)27(11-3)35(39-30)19-32-21(5)26(10-2)33(37-32)16-24-15-25(17-34(29)38-31)28(20(24)4)13-14-36(40)41-8/h10-11,16,18-19,34,37H,2-3,9,12-15,17H2,1,4-8H3/b30-18-,32-19-,33-16-. The number of nitrogens with one attached hydrogen (secondary N) is 1. The van der Waals surface area contributed by atoms with E-state index in [1.165, 1.54) is 40.5 Å². The molecule has 1 aliphatic carbocycles. The van der Waals surface area contributed by atoms with Crippen molar-refractivity contribution in [2.24, 2.45) is 9.98 Å². The molecule has 0 amide bonds. The molecule has 0 aromatic carbocycles. The summed E-state index contributed by atoms with van der Waals surface area (Å²) in [6.45, 7) is 19.1. The largest absolute Gasteiger partial charge is 0.469 e. The van der Waals surface area contributed by atoms with Crippen LogP contribution in [0.2, 0.25) is 0 Å². The average Bonchev–Trinajstić information content (AvgIpc) is 3.61. The van der Waals surface area contributed by atoms with Gasteiger partial charge in [-0.05, 0) is 111 Å². The number of allylic oxidation sites excluding steroid dienone is 8. The number of H-pyrrole nitrogens is 1. The van der Waals surface area contributed by atoms with Crippen LogP contribution in [-0.2, 0) is 9.53 Å². The van der Waals surface area contributed by atoms with Gasteiger partial charge in [0.2, 0.25) is 0 Å². The first-order chi connectivity index (χ1) is 19.7. The van der Waals surface area contributed by atoms with Gasteiger partial charge in [-0.1, -0.05) is 44.2 Å². The number of esters is 1. The molecule has 4 aliphatic rings. The number of rotatable bonds is 7. The van der Waals surface area contributed by atoms with Gasteiger partial charge in [-0.3, -0.25) is 9.79 Å². The molecular formula is C36H41N3O2. The van der Waals surface area contributed by atoms with Gasteiger partial charge in [-0.15, -0.1) is 0 Å². The van der Waals surface area contributed by atoms with E-state index in [2.05, 4.69) is 71.0 Å². The van der Waals surface area contributed by atoms with Crippen LogP contribution in [0.25, 0.3) is 18.2 Å². The van der Waals surface area contributed by atoms with E-state index >= 15 is 0 Å². The number of hydrogen-bond donors (Lipinski definition) is 1. The summed E-state index contributed by atoms with van der Waals surface area (Å²) >= 11 is 0. The fraction of sp³-hybridized carbons (Fsp3) is 0.361. The fourth-order valence-corrected chi connectivity index (χ4v) is 6.63. The number of methoxy groups -OCH3 is 1. The molecule has 1 aromatic heterocycles. The monoisotopic (exact) mass is 547 g/mol. The first kappa shape index (κ1) is 28.5. The van der Waals surface area contributed by atoms with Crippen molar-refractivity contribution in [3.05, 3.63) is 97.4 Å². The summed E-state index contributed by atoms with van der Waals surface area (Å²) in [6, 6.07) is 0.0904. The molecular weight excluding hydrogens is 506 g/mol. The fourth-order valence-electron chi connectivity index (χ4n) is 6.63. The van der Waals surface area contributed by atoms with E-state index in [0.29, 0.717) is 12.8 Å². The minimum absolute atomic E-state index is 0.0904. The summed E-state index contributed by atoms with van der Waals surface area (Å²) in [4.78, 5) is 26.2. The Balaban J connectivity index is 1.76. The van der Waals surface area contributed by atoms with Crippen LogP contribution in [0.1, 0.15) is 77.3 Å². The lowest BCUT2D eigenvalue weighted by atomic mass is 9.91. The van der Waals surface area contributed by atoms with Crippen LogP contribution in [0.15, 0.2) is 85.6 Å². The number of hydrogen-bond acceptors (Lipinski definition) is 4. The van der Waals surface area contributed by atoms with Crippen molar-refractivity contribution in [3.63, 3.8) is 0 Å². The molecule has 3 aliphatic heterocycles. The van der Waals surface area contributed by atoms with Crippen molar-refractivity contribution in [1.29, 1.82) is 0 Å². The molecule has 5 nitrogen and oxygen atoms in total. The molecule has 0 saturated heterocycles. The molecule has 4 heterocycles. The van der Waals surface area contributed by atoms with Crippen molar-refractivity contribution in [2.45, 2.75) is 79.2 Å². The zero-order valence-corrected chi connectivity index (χ0v) is 25.3. The third-order valence-electron chi connectivity index (χ3n) is 9.05. The lowest BCUT2D eigenvalue weighted by Gasteiger charge is -2.16. The van der Waals surface area contributed by atoms with Gasteiger partial charge in [-0.25, -0.2) is 4.99 Å². The second-order valence-electron chi connectivity index (χ2n) is 11.4. The predicted octanol–water partition coefficient (Wildman–Crippen LogP) is 6.68. The van der Waals surface area contributed by atoms with Crippen LogP contribution < -0.4 is 10.7 Å². The zero-order chi connectivity index (χ0) is 29.4. The average molecular weight is 548 g/mol. The number of aromatic nitrogens is 1. The molecule has 5 rings (SSSR count). The quantitative estimate of drug-likeness (QED) is 0.387. The van der Waals surface area contributed by atoms with E-state index < -0.39 is 0 Å². The molecule has 0 spiro atoms. The van der Waals surface area contributed by atoms with Crippen molar-refractivity contribution in [1.82, 2.24) is 4.98 Å². The Morgan fingerprint density at radius 3 is 2.49 bits per heavy atom. The number of aromatic amines is 1. The maximum absolute atomic E-state index is 12.1. The smallest absolute Gasteiger partial charge is 0.305 e. The molecule has 8 bridgehead atoms. The van der Waals surface area contributed by atoms with E-state index in [9.17, 15) is 4.79 Å². The number of carbonyl (C=O) groups is 1. The molecule has 212 valence electrons. The Hall–Kier alpha value is -3.99. The van der Waals surface area contributed by atoms with Crippen LogP contribution in [0.3, 0.4) is 0 Å². The Bertz CT molecular complexity index is 1710. The minimum atomic E-state index is -0.177. The number of aliphatic imine (C=N–C) groups is 2. The lowest BCUT2D eigenvalue weighted by molar-refractivity contribution is -0.140. The van der Waals surface area contributed by atoms with Gasteiger partial charge < -0.3 is 9.72 Å². The summed E-state index contributed by atoms with van der Waals surface area (Å²) in [5.74, 6) is -0.177. The van der Waals surface area contributed by atoms with E-state index in [1.54, 1.807) is 0 Å². The van der Waals surface area contributed by atoms with Gasteiger partial charge in [0.1, 0.15) is 0 Å². The van der Waals surface area contributed by atoms with Gasteiger partial charge >= 0.3 is 5.97 Å². The number of fused-ring (bicyclic) bond motifs is 6. The Morgan fingerprint density at radius 2 is 1.80 bits per heavy atom. The van der Waals surface area contributed by atoms with Crippen molar-refractivity contribution < 1.29 is 9.53 Å². The lowest BCUT2D eigenvalue weighted by Crippen LogP contribution is -2.14. The number of ether oxygens (including phenoxy) is 1. The summed E-state index contributed by atoms with van der Waals surface area (Å²) in [7, 11) is 1.46. The Labute approximate surface area is 243 Å². The topological polar surface area (TPSA) is 66.8 Å². The SMILES string of the molecule is C=CC1=C(C)/C2=C/C3=NC(CC4=C(CCC(=O)OC)C(C)=C(/C=c5\[nH]/c(c(C)c5C=C)=C\C1=N2)C4)C(CCC)=C3C. The summed E-state index contributed by atoms with van der Waals surface area (Å²) in [5, 5.41) is 2.05. The van der Waals surface area contributed by atoms with E-state index in [-0.39, 0.29) is 12.0 Å². The van der Waals surface area contributed by atoms with Crippen LogP contribution in [0, 0.1) is 6.92 Å². The predicted molar refractivity (Wildman–Crippen MR) is 171 cm³/mol. The van der Waals surface area contributed by atoms with Crippen molar-refractivity contribution in [2.75, 3.05) is 7.11 Å². The van der Waals surface area contributed by atoms with Gasteiger partial charge in [0.15, 0.2) is 0 Å². The van der Waals surface area contributed by atoms with Crippen LogP contribution in [0.5, 0.6) is 0 Å². The van der Waals surface area contributed by atoms with Gasteiger partial charge in [-0.2, -0.15) is 0 Å². The molecule has 1 unspecified atom stereocenters. The highest BCUT2D eigenvalue weighted by Gasteiger charge is 2.30. The van der Waals surface area contributed by atoms with Crippen LogP contribution >= 0.6 is 0 Å². The normalized spacial score (nSPS) is 23.1. The Morgan fingerprint density at radius 1 is 1.02 bits per heavy atom. The minimum Gasteiger partial charge on any atom is -0.469 e. The zero-order valence-electron chi connectivity index (χ0n) is 25.3. The first-order valence-electron chi connectivity index (χ1n) is 14.6. The third-order valence-corrected chi connectivity index (χ3v) is 9.05. The number of nitrogens with zero attached hydrogens (tertiary/aromatic N) is 2. The first-order valence-corrected chi connectivity index (χ1v) is 14.6. The molecule has 41 heavy (non-hydrogen) atoms. The third kappa shape index (κ3) is 5.14. The van der Waals surface area contributed by atoms with Crippen molar-refractivity contribution in [3.8, 4) is 0 Å². The maximum atomic E-state index is 12.1. The van der Waals surface area contributed by atoms with E-state index in [0.717, 1.165) is 75.8 Å². The van der Waals surface area contributed by atoms with E-state index in [1.807, 2.05) is 12.2 Å². The highest BCUT2D eigenvalue weighted by Crippen LogP contribution is 2.41. The molecule has 0 radical (unpaired) electrons. The van der Waals surface area contributed by atoms with Crippen LogP contribution in [-0.4, -0.2) is 35.5 Å². The molecule has 0 saturated carbocycles. The summed E-state index contributed by atoms with van der Waals surface area (Å²) in [6.07, 6.45) is 15.2. The van der Waals surface area contributed by atoms with Gasteiger partial charge in [0.25, 0.3) is 0 Å². The molecule has 1 aromatic rings. The second-order valence-corrected chi connectivity index (χ2v) is 11.4.